The van der Waals surface area contributed by atoms with Crippen molar-refractivity contribution in [2.75, 3.05) is 6.61 Å². The maximum Gasteiger partial charge on any atom is 0.303 e. The van der Waals surface area contributed by atoms with E-state index in [9.17, 15) is 4.79 Å². The van der Waals surface area contributed by atoms with Gasteiger partial charge in [0.2, 0.25) is 0 Å². The maximum atomic E-state index is 12.3. The van der Waals surface area contributed by atoms with Crippen LogP contribution in [0, 0.1) is 50.7 Å². The molecule has 0 N–H and O–H groups in total. The summed E-state index contributed by atoms with van der Waals surface area (Å²) in [6.45, 7) is 28.7. The van der Waals surface area contributed by atoms with Gasteiger partial charge in [-0.25, -0.2) is 0 Å². The zero-order valence-corrected chi connectivity index (χ0v) is 34.5. The van der Waals surface area contributed by atoms with Gasteiger partial charge >= 0.3 is 5.97 Å². The van der Waals surface area contributed by atoms with E-state index in [-0.39, 0.29) is 52.9 Å². The number of fused-ring (bicyclic) bond motifs is 4. The third-order valence-corrected chi connectivity index (χ3v) is 22.2. The molecular weight excluding hydrogens is 641 g/mol. The fourth-order valence-corrected chi connectivity index (χ4v) is 17.8. The van der Waals surface area contributed by atoms with Gasteiger partial charge in [0.15, 0.2) is 14.6 Å². The number of carbonyl (C=O) groups is 1. The molecule has 0 radical (unpaired) electrons. The van der Waals surface area contributed by atoms with Gasteiger partial charge in [0.1, 0.15) is 6.10 Å². The van der Waals surface area contributed by atoms with E-state index in [0.29, 0.717) is 34.5 Å². The fourth-order valence-electron chi connectivity index (χ4n) is 14.9. The fraction of sp³-hybridized carbons (Fsp3) is 0.930. The average molecular weight is 713 g/mol. The van der Waals surface area contributed by atoms with E-state index in [4.69, 9.17) is 23.4 Å². The molecule has 14 atom stereocenters. The Bertz CT molecular complexity index is 1300. The molecule has 0 bridgehead atoms. The Labute approximate surface area is 306 Å². The lowest BCUT2D eigenvalue weighted by atomic mass is 9.41. The number of rotatable bonds is 10. The number of esters is 1. The van der Waals surface area contributed by atoms with E-state index in [2.05, 4.69) is 62.0 Å². The van der Waals surface area contributed by atoms with Crippen LogP contribution >= 0.6 is 0 Å². The summed E-state index contributed by atoms with van der Waals surface area (Å²) in [4.78, 5) is 12.3. The Hall–Kier alpha value is -0.733. The highest BCUT2D eigenvalue weighted by Gasteiger charge is 2.85. The standard InChI is InChI=1S/C43H72O6Si/c1-12-50(13-2,14-3)49-38-37-35(28(6)25-30(47-37)36(27(4)5)46-29(7)44)40(10)22-23-43-26-42(43)21-20-33(48-34-17-15-16-24-45-34)39(8,9)31(42)18-19-32(43)41(38,40)11/h28,30-38H,4,12-26H2,1-3,5-11H3/t28-,30-,31+,32+,33?,34+,35+,36-,37+,38+,40-,41-,42?,43+/m1/s1. The highest BCUT2D eigenvalue weighted by atomic mass is 28.4. The van der Waals surface area contributed by atoms with Crippen molar-refractivity contribution in [3.63, 3.8) is 0 Å². The van der Waals surface area contributed by atoms with Crippen LogP contribution in [0.3, 0.4) is 0 Å². The summed E-state index contributed by atoms with van der Waals surface area (Å²) in [5, 5.41) is 0. The molecule has 5 aliphatic carbocycles. The summed E-state index contributed by atoms with van der Waals surface area (Å²) in [6.07, 6.45) is 13.1. The summed E-state index contributed by atoms with van der Waals surface area (Å²) < 4.78 is 34.2. The second kappa shape index (κ2) is 12.9. The molecular formula is C43H72O6Si. The van der Waals surface area contributed by atoms with Gasteiger partial charge in [0.05, 0.1) is 24.4 Å². The highest BCUT2D eigenvalue weighted by molar-refractivity contribution is 6.73. The van der Waals surface area contributed by atoms with Gasteiger partial charge in [-0.05, 0) is 147 Å². The first kappa shape index (κ1) is 37.6. The second-order valence-electron chi connectivity index (χ2n) is 19.7. The highest BCUT2D eigenvalue weighted by Crippen LogP contribution is 2.89. The van der Waals surface area contributed by atoms with Gasteiger partial charge in [0.25, 0.3) is 0 Å². The third-order valence-electron chi connectivity index (χ3n) is 17.6. The first-order valence-electron chi connectivity index (χ1n) is 21.0. The van der Waals surface area contributed by atoms with E-state index < -0.39 is 14.4 Å². The molecule has 7 fully saturated rings. The topological polar surface area (TPSA) is 63.2 Å². The normalized spacial score (nSPS) is 48.2. The van der Waals surface area contributed by atoms with Crippen LogP contribution in [0.2, 0.25) is 18.1 Å². The Morgan fingerprint density at radius 1 is 0.920 bits per heavy atom. The predicted molar refractivity (Wildman–Crippen MR) is 201 cm³/mol. The van der Waals surface area contributed by atoms with Crippen molar-refractivity contribution >= 4 is 14.3 Å². The van der Waals surface area contributed by atoms with E-state index in [1.54, 1.807) is 0 Å². The van der Waals surface area contributed by atoms with Crippen LogP contribution in [-0.4, -0.2) is 57.7 Å². The molecule has 7 heteroatoms. The van der Waals surface area contributed by atoms with Gasteiger partial charge in [-0.1, -0.05) is 62.0 Å². The lowest BCUT2D eigenvalue weighted by Crippen LogP contribution is -2.61. The van der Waals surface area contributed by atoms with Gasteiger partial charge < -0.3 is 23.4 Å². The van der Waals surface area contributed by atoms with Crippen LogP contribution in [0.4, 0.5) is 0 Å². The molecule has 50 heavy (non-hydrogen) atoms. The van der Waals surface area contributed by atoms with Crippen LogP contribution < -0.4 is 0 Å². The van der Waals surface area contributed by atoms with Gasteiger partial charge in [-0.2, -0.15) is 0 Å². The van der Waals surface area contributed by atoms with Crippen molar-refractivity contribution < 1.29 is 28.2 Å². The Morgan fingerprint density at radius 3 is 2.22 bits per heavy atom. The quantitative estimate of drug-likeness (QED) is 0.0973. The van der Waals surface area contributed by atoms with Crippen molar-refractivity contribution in [2.45, 2.75) is 195 Å². The van der Waals surface area contributed by atoms with Crippen LogP contribution in [0.5, 0.6) is 0 Å². The molecule has 7 rings (SSSR count). The van der Waals surface area contributed by atoms with Crippen molar-refractivity contribution in [1.29, 1.82) is 0 Å². The zero-order valence-electron chi connectivity index (χ0n) is 33.5. The smallest absolute Gasteiger partial charge is 0.303 e. The van der Waals surface area contributed by atoms with Crippen molar-refractivity contribution in [3.05, 3.63) is 12.2 Å². The lowest BCUT2D eigenvalue weighted by Gasteiger charge is -2.64. The molecule has 2 unspecified atom stereocenters. The Balaban J connectivity index is 1.25. The minimum atomic E-state index is -2.00. The minimum Gasteiger partial charge on any atom is -0.455 e. The average Bonchev–Trinajstić information content (AvgIpc) is 3.70. The molecule has 7 aliphatic rings. The van der Waals surface area contributed by atoms with Crippen molar-refractivity contribution in [3.8, 4) is 0 Å². The van der Waals surface area contributed by atoms with Crippen LogP contribution in [0.15, 0.2) is 12.2 Å². The van der Waals surface area contributed by atoms with E-state index in [0.717, 1.165) is 56.0 Å². The maximum absolute atomic E-state index is 12.3. The number of hydrogen-bond acceptors (Lipinski definition) is 6. The molecule has 0 aromatic heterocycles. The minimum absolute atomic E-state index is 0.00586. The lowest BCUT2D eigenvalue weighted by molar-refractivity contribution is -0.242. The molecule has 5 saturated carbocycles. The van der Waals surface area contributed by atoms with Crippen molar-refractivity contribution in [1.82, 2.24) is 0 Å². The van der Waals surface area contributed by atoms with Gasteiger partial charge in [0, 0.05) is 18.9 Å². The van der Waals surface area contributed by atoms with E-state index in [1.807, 2.05) is 6.92 Å². The molecule has 0 aromatic rings. The summed E-state index contributed by atoms with van der Waals surface area (Å²) >= 11 is 0. The van der Waals surface area contributed by atoms with E-state index >= 15 is 0 Å². The molecule has 2 spiro atoms. The first-order chi connectivity index (χ1) is 23.6. The predicted octanol–water partition coefficient (Wildman–Crippen LogP) is 10.2. The molecule has 284 valence electrons. The second-order valence-corrected chi connectivity index (χ2v) is 24.4. The summed E-state index contributed by atoms with van der Waals surface area (Å²) in [7, 11) is -2.00. The monoisotopic (exact) mass is 713 g/mol. The SMILES string of the molecule is C=C(C)[C@@H](OC(C)=O)[C@H]1C[C@@H](C)[C@H]2[C@H](O1)[C@H](O[Si](CC)(CC)CC)[C@@]1(C)[C@@H]3CC[C@H]4C(C)(C)C(O[C@H]5CCCCO5)CCC45C[C@@]35CC[C@]21C. The number of ether oxygens (including phenoxy) is 4. The molecule has 6 nitrogen and oxygen atoms in total. The Kier molecular flexibility index (Phi) is 9.73. The largest absolute Gasteiger partial charge is 0.455 e. The summed E-state index contributed by atoms with van der Waals surface area (Å²) in [6, 6.07) is 3.43. The first-order valence-corrected chi connectivity index (χ1v) is 23.6. The number of hydrogen-bond donors (Lipinski definition) is 0. The molecule has 2 aliphatic heterocycles. The summed E-state index contributed by atoms with van der Waals surface area (Å²) in [5.41, 5.74) is 1.96. The van der Waals surface area contributed by atoms with Crippen LogP contribution in [0.1, 0.15) is 140 Å². The molecule has 2 saturated heterocycles. The summed E-state index contributed by atoms with van der Waals surface area (Å²) in [5.74, 6) is 1.94. The molecule has 0 amide bonds. The molecule has 2 heterocycles. The zero-order chi connectivity index (χ0) is 36.1. The van der Waals surface area contributed by atoms with Gasteiger partial charge in [-0.15, -0.1) is 0 Å². The Morgan fingerprint density at radius 2 is 1.60 bits per heavy atom. The van der Waals surface area contributed by atoms with Gasteiger partial charge in [-0.3, -0.25) is 4.79 Å². The van der Waals surface area contributed by atoms with Crippen molar-refractivity contribution in [2.24, 2.45) is 50.7 Å². The third kappa shape index (κ3) is 5.22. The van der Waals surface area contributed by atoms with Crippen LogP contribution in [-0.2, 0) is 28.2 Å². The van der Waals surface area contributed by atoms with Crippen LogP contribution in [0.25, 0.3) is 0 Å². The molecule has 0 aromatic carbocycles. The number of carbonyl (C=O) groups excluding carboxylic acids is 1. The van der Waals surface area contributed by atoms with E-state index in [1.165, 1.54) is 51.9 Å².